The van der Waals surface area contributed by atoms with Crippen LogP contribution in [0.25, 0.3) is 0 Å². The van der Waals surface area contributed by atoms with E-state index in [1.807, 2.05) is 0 Å². The third kappa shape index (κ3) is 2.61. The van der Waals surface area contributed by atoms with E-state index in [1.165, 1.54) is 38.5 Å². The summed E-state index contributed by atoms with van der Waals surface area (Å²) < 4.78 is 0. The van der Waals surface area contributed by atoms with Gasteiger partial charge in [-0.15, -0.1) is 0 Å². The fourth-order valence-corrected chi connectivity index (χ4v) is 3.54. The summed E-state index contributed by atoms with van der Waals surface area (Å²) in [6.45, 7) is 3.35. The highest BCUT2D eigenvalue weighted by Gasteiger charge is 2.30. The van der Waals surface area contributed by atoms with Crippen molar-refractivity contribution in [3.63, 3.8) is 0 Å². The van der Waals surface area contributed by atoms with Crippen LogP contribution in [0.1, 0.15) is 56.1 Å². The summed E-state index contributed by atoms with van der Waals surface area (Å²) in [4.78, 5) is 0. The smallest absolute Gasteiger partial charge is 0.0136 e. The number of rotatable bonds is 6. The molecule has 2 unspecified atom stereocenters. The van der Waals surface area contributed by atoms with E-state index in [0.717, 1.165) is 18.4 Å². The Kier molecular flexibility index (Phi) is 3.69. The highest BCUT2D eigenvalue weighted by Crippen LogP contribution is 2.39. The van der Waals surface area contributed by atoms with Gasteiger partial charge in [-0.3, -0.25) is 0 Å². The molecule has 1 heteroatoms. The maximum Gasteiger partial charge on any atom is 0.0136 e. The molecule has 3 rings (SSSR count). The summed E-state index contributed by atoms with van der Waals surface area (Å²) in [5, 5.41) is 3.75. The molecule has 2 aliphatic carbocycles. The minimum absolute atomic E-state index is 0.708. The molecule has 0 spiro atoms. The zero-order chi connectivity index (χ0) is 12.4. The van der Waals surface area contributed by atoms with Crippen LogP contribution in [-0.4, -0.2) is 12.6 Å². The Morgan fingerprint density at radius 2 is 2.06 bits per heavy atom. The van der Waals surface area contributed by atoms with Gasteiger partial charge in [0.25, 0.3) is 0 Å². The van der Waals surface area contributed by atoms with Crippen LogP contribution < -0.4 is 5.32 Å². The average molecular weight is 243 g/mol. The first-order chi connectivity index (χ1) is 8.88. The number of aryl methyl sites for hydroxylation is 1. The number of likely N-dealkylation sites (N-methyl/N-ethyl adjacent to an activating group) is 1. The van der Waals surface area contributed by atoms with E-state index in [1.54, 1.807) is 11.1 Å². The topological polar surface area (TPSA) is 12.0 Å². The van der Waals surface area contributed by atoms with E-state index in [0.29, 0.717) is 6.04 Å². The van der Waals surface area contributed by atoms with Gasteiger partial charge in [-0.2, -0.15) is 0 Å². The van der Waals surface area contributed by atoms with Crippen molar-refractivity contribution in [3.8, 4) is 0 Å². The zero-order valence-corrected chi connectivity index (χ0v) is 11.5. The van der Waals surface area contributed by atoms with E-state index in [2.05, 4.69) is 36.5 Å². The van der Waals surface area contributed by atoms with E-state index in [-0.39, 0.29) is 0 Å². The van der Waals surface area contributed by atoms with Gasteiger partial charge in [-0.05, 0) is 55.2 Å². The van der Waals surface area contributed by atoms with Crippen LogP contribution in [0.4, 0.5) is 0 Å². The highest BCUT2D eigenvalue weighted by molar-refractivity contribution is 5.36. The first-order valence-electron chi connectivity index (χ1n) is 7.69. The third-order valence-electron chi connectivity index (χ3n) is 4.71. The molecule has 0 aliphatic heterocycles. The van der Waals surface area contributed by atoms with Crippen LogP contribution in [0, 0.1) is 5.92 Å². The van der Waals surface area contributed by atoms with E-state index in [9.17, 15) is 0 Å². The lowest BCUT2D eigenvalue weighted by atomic mass is 9.89. The first-order valence-corrected chi connectivity index (χ1v) is 7.69. The van der Waals surface area contributed by atoms with E-state index >= 15 is 0 Å². The minimum Gasteiger partial charge on any atom is -0.314 e. The molecule has 2 aliphatic rings. The average Bonchev–Trinajstić information content (AvgIpc) is 3.13. The van der Waals surface area contributed by atoms with Crippen molar-refractivity contribution in [2.24, 2.45) is 5.92 Å². The lowest BCUT2D eigenvalue weighted by molar-refractivity contribution is 0.396. The lowest BCUT2D eigenvalue weighted by Gasteiger charge is -2.25. The van der Waals surface area contributed by atoms with Crippen LogP contribution in [0.3, 0.4) is 0 Å². The molecule has 0 heterocycles. The molecule has 0 saturated heterocycles. The maximum atomic E-state index is 3.75. The van der Waals surface area contributed by atoms with Crippen molar-refractivity contribution in [3.05, 3.63) is 35.4 Å². The molecular weight excluding hydrogens is 218 g/mol. The molecule has 98 valence electrons. The second-order valence-electron chi connectivity index (χ2n) is 6.03. The van der Waals surface area contributed by atoms with Gasteiger partial charge in [0.1, 0.15) is 0 Å². The van der Waals surface area contributed by atoms with E-state index in [4.69, 9.17) is 0 Å². The number of hydrogen-bond donors (Lipinski definition) is 1. The zero-order valence-electron chi connectivity index (χ0n) is 11.5. The number of nitrogens with one attached hydrogen (secondary N) is 1. The lowest BCUT2D eigenvalue weighted by Crippen LogP contribution is -2.34. The van der Waals surface area contributed by atoms with Crippen LogP contribution in [0.5, 0.6) is 0 Å². The number of fused-ring (bicyclic) bond motifs is 1. The summed E-state index contributed by atoms with van der Waals surface area (Å²) in [7, 11) is 0. The van der Waals surface area contributed by atoms with Gasteiger partial charge in [0.05, 0.1) is 0 Å². The van der Waals surface area contributed by atoms with Crippen molar-refractivity contribution in [1.82, 2.24) is 5.32 Å². The molecule has 1 nitrogen and oxygen atoms in total. The summed E-state index contributed by atoms with van der Waals surface area (Å²) in [6.07, 6.45) is 8.42. The molecule has 2 atom stereocenters. The Balaban J connectivity index is 1.69. The molecule has 0 aromatic heterocycles. The molecule has 1 aromatic rings. The van der Waals surface area contributed by atoms with E-state index < -0.39 is 0 Å². The highest BCUT2D eigenvalue weighted by atomic mass is 14.9. The van der Waals surface area contributed by atoms with Crippen molar-refractivity contribution < 1.29 is 0 Å². The summed E-state index contributed by atoms with van der Waals surface area (Å²) in [6, 6.07) is 9.78. The standard InChI is InChI=1S/C17H25N/c1-2-18-17(12-9-13-7-8-13)16-11-10-14-5-3-4-6-15(14)16/h3-6,13,16-18H,2,7-12H2,1H3. The van der Waals surface area contributed by atoms with Gasteiger partial charge in [0, 0.05) is 6.04 Å². The second kappa shape index (κ2) is 5.44. The molecular formula is C17H25N. The van der Waals surface area contributed by atoms with Crippen molar-refractivity contribution in [2.75, 3.05) is 6.54 Å². The van der Waals surface area contributed by atoms with Crippen molar-refractivity contribution in [2.45, 2.75) is 57.4 Å². The number of benzene rings is 1. The third-order valence-corrected chi connectivity index (χ3v) is 4.71. The fraction of sp³-hybridized carbons (Fsp3) is 0.647. The summed E-state index contributed by atoms with van der Waals surface area (Å²) in [5.74, 6) is 1.82. The monoisotopic (exact) mass is 243 g/mol. The van der Waals surface area contributed by atoms with Gasteiger partial charge in [0.2, 0.25) is 0 Å². The Labute approximate surface area is 111 Å². The molecule has 1 saturated carbocycles. The summed E-state index contributed by atoms with van der Waals surface area (Å²) >= 11 is 0. The minimum atomic E-state index is 0.708. The predicted molar refractivity (Wildman–Crippen MR) is 76.9 cm³/mol. The molecule has 0 amide bonds. The molecule has 0 bridgehead atoms. The number of hydrogen-bond acceptors (Lipinski definition) is 1. The Morgan fingerprint density at radius 3 is 2.83 bits per heavy atom. The van der Waals surface area contributed by atoms with Crippen LogP contribution in [-0.2, 0) is 6.42 Å². The Morgan fingerprint density at radius 1 is 1.22 bits per heavy atom. The predicted octanol–water partition coefficient (Wildman–Crippen LogP) is 3.88. The Hall–Kier alpha value is -0.820. The quantitative estimate of drug-likeness (QED) is 0.799. The molecule has 1 N–H and O–H groups in total. The normalized spacial score (nSPS) is 23.9. The van der Waals surface area contributed by atoms with Crippen molar-refractivity contribution in [1.29, 1.82) is 0 Å². The molecule has 0 radical (unpaired) electrons. The van der Waals surface area contributed by atoms with Gasteiger partial charge in [0.15, 0.2) is 0 Å². The largest absolute Gasteiger partial charge is 0.314 e. The van der Waals surface area contributed by atoms with Crippen LogP contribution in [0.15, 0.2) is 24.3 Å². The van der Waals surface area contributed by atoms with Gasteiger partial charge < -0.3 is 5.32 Å². The fourth-order valence-electron chi connectivity index (χ4n) is 3.54. The van der Waals surface area contributed by atoms with Gasteiger partial charge in [-0.1, -0.05) is 44.0 Å². The molecule has 18 heavy (non-hydrogen) atoms. The second-order valence-corrected chi connectivity index (χ2v) is 6.03. The molecule has 1 fully saturated rings. The summed E-state index contributed by atoms with van der Waals surface area (Å²) in [5.41, 5.74) is 3.22. The van der Waals surface area contributed by atoms with Crippen LogP contribution in [0.2, 0.25) is 0 Å². The first kappa shape index (κ1) is 12.2. The maximum absolute atomic E-state index is 3.75. The Bertz CT molecular complexity index is 394. The molecule has 1 aromatic carbocycles. The van der Waals surface area contributed by atoms with Crippen molar-refractivity contribution >= 4 is 0 Å². The van der Waals surface area contributed by atoms with Crippen LogP contribution >= 0.6 is 0 Å². The SMILES string of the molecule is CCNC(CCC1CC1)C1CCc2ccccc21. The van der Waals surface area contributed by atoms with Gasteiger partial charge >= 0.3 is 0 Å². The van der Waals surface area contributed by atoms with Gasteiger partial charge in [-0.25, -0.2) is 0 Å².